The zero-order chi connectivity index (χ0) is 10.6. The Labute approximate surface area is 85.4 Å². The smallest absolute Gasteiger partial charge is 0.328 e. The molecule has 6 nitrogen and oxygen atoms in total. The van der Waals surface area contributed by atoms with Crippen LogP contribution in [0.4, 0.5) is 0 Å². The molecule has 14 heavy (non-hydrogen) atoms. The van der Waals surface area contributed by atoms with Gasteiger partial charge in [0, 0.05) is 0 Å². The van der Waals surface area contributed by atoms with Crippen LogP contribution in [0.3, 0.4) is 0 Å². The third kappa shape index (κ3) is 4.91. The Morgan fingerprint density at radius 2 is 2.29 bits per heavy atom. The van der Waals surface area contributed by atoms with Crippen LogP contribution in [0.2, 0.25) is 0 Å². The largest absolute Gasteiger partial charge is 0.370 e. The van der Waals surface area contributed by atoms with Crippen molar-refractivity contribution in [1.82, 2.24) is 0 Å². The van der Waals surface area contributed by atoms with E-state index in [1.165, 1.54) is 0 Å². The average molecular weight is 244 g/mol. The summed E-state index contributed by atoms with van der Waals surface area (Å²) in [4.78, 5) is 14.1. The second-order valence-electron chi connectivity index (χ2n) is 2.97. The van der Waals surface area contributed by atoms with E-state index in [0.717, 1.165) is 0 Å². The molecule has 1 rings (SSSR count). The predicted octanol–water partition coefficient (Wildman–Crippen LogP) is 2.24. The molecule has 84 valence electrons. The number of hydrogen-bond donors (Lipinski definition) is 1. The molecule has 0 amide bonds. The van der Waals surface area contributed by atoms with Gasteiger partial charge in [0.1, 0.15) is 6.10 Å². The van der Waals surface area contributed by atoms with E-state index >= 15 is 0 Å². The standard InChI is InChI=1S/C6H14O6P2/c1-5(2)10-13(7)12-14-8-4-6(3)9-11-14/h5-7H,4H2,1-3H3. The van der Waals surface area contributed by atoms with E-state index in [1.54, 1.807) is 20.8 Å². The van der Waals surface area contributed by atoms with Crippen LogP contribution in [0.1, 0.15) is 20.8 Å². The van der Waals surface area contributed by atoms with E-state index in [0.29, 0.717) is 6.61 Å². The molecule has 1 aliphatic heterocycles. The summed E-state index contributed by atoms with van der Waals surface area (Å²) in [7, 11) is -3.60. The molecule has 1 aliphatic rings. The van der Waals surface area contributed by atoms with Crippen LogP contribution in [0.15, 0.2) is 0 Å². The topological polar surface area (TPSA) is 66.4 Å². The molecule has 0 aromatic rings. The van der Waals surface area contributed by atoms with Crippen LogP contribution in [-0.2, 0) is 22.9 Å². The molecule has 1 fully saturated rings. The van der Waals surface area contributed by atoms with Crippen molar-refractivity contribution in [3.05, 3.63) is 0 Å². The molecule has 3 atom stereocenters. The van der Waals surface area contributed by atoms with E-state index in [1.807, 2.05) is 0 Å². The molecule has 0 saturated carbocycles. The fraction of sp³-hybridized carbons (Fsp3) is 1.00. The van der Waals surface area contributed by atoms with Crippen LogP contribution in [0.25, 0.3) is 0 Å². The van der Waals surface area contributed by atoms with Gasteiger partial charge < -0.3 is 13.9 Å². The fourth-order valence-electron chi connectivity index (χ4n) is 0.618. The van der Waals surface area contributed by atoms with Crippen molar-refractivity contribution >= 4 is 17.2 Å². The molecular formula is C6H14O6P2. The first kappa shape index (κ1) is 12.7. The van der Waals surface area contributed by atoms with Crippen molar-refractivity contribution in [1.29, 1.82) is 0 Å². The summed E-state index contributed by atoms with van der Waals surface area (Å²) in [6.45, 7) is 5.78. The van der Waals surface area contributed by atoms with Gasteiger partial charge in [0.2, 0.25) is 0 Å². The molecule has 0 aromatic heterocycles. The van der Waals surface area contributed by atoms with E-state index in [9.17, 15) is 4.89 Å². The first-order valence-electron chi connectivity index (χ1n) is 4.18. The molecule has 1 saturated heterocycles. The number of hydrogen-bond acceptors (Lipinski definition) is 6. The maximum atomic E-state index is 9.26. The summed E-state index contributed by atoms with van der Waals surface area (Å²) in [5, 5.41) is 0. The Kier molecular flexibility index (Phi) is 5.67. The van der Waals surface area contributed by atoms with Crippen molar-refractivity contribution in [2.24, 2.45) is 0 Å². The third-order valence-corrected chi connectivity index (χ3v) is 3.38. The third-order valence-electron chi connectivity index (χ3n) is 1.12. The Balaban J connectivity index is 2.17. The lowest BCUT2D eigenvalue weighted by Gasteiger charge is -2.24. The molecule has 1 heterocycles. The van der Waals surface area contributed by atoms with E-state index < -0.39 is 17.2 Å². The second kappa shape index (κ2) is 6.26. The lowest BCUT2D eigenvalue weighted by atomic mass is 10.5. The summed E-state index contributed by atoms with van der Waals surface area (Å²) < 4.78 is 19.8. The van der Waals surface area contributed by atoms with Gasteiger partial charge >= 0.3 is 17.2 Å². The summed E-state index contributed by atoms with van der Waals surface area (Å²) >= 11 is 0. The molecule has 8 heteroatoms. The van der Waals surface area contributed by atoms with E-state index in [4.69, 9.17) is 22.9 Å². The monoisotopic (exact) mass is 244 g/mol. The predicted molar refractivity (Wildman–Crippen MR) is 50.9 cm³/mol. The Morgan fingerprint density at radius 3 is 2.79 bits per heavy atom. The van der Waals surface area contributed by atoms with E-state index in [-0.39, 0.29) is 12.2 Å². The second-order valence-corrected chi connectivity index (χ2v) is 5.17. The number of rotatable bonds is 4. The van der Waals surface area contributed by atoms with Crippen molar-refractivity contribution < 1.29 is 27.8 Å². The summed E-state index contributed by atoms with van der Waals surface area (Å²) in [6, 6.07) is 0. The van der Waals surface area contributed by atoms with Crippen molar-refractivity contribution in [2.75, 3.05) is 6.61 Å². The molecule has 0 aliphatic carbocycles. The van der Waals surface area contributed by atoms with Gasteiger partial charge in [0.25, 0.3) is 0 Å². The summed E-state index contributed by atoms with van der Waals surface area (Å²) in [5.41, 5.74) is 0. The Morgan fingerprint density at radius 1 is 1.57 bits per heavy atom. The van der Waals surface area contributed by atoms with Gasteiger partial charge in [-0.05, 0) is 20.8 Å². The molecular weight excluding hydrogens is 230 g/mol. The van der Waals surface area contributed by atoms with Crippen molar-refractivity contribution in [3.8, 4) is 0 Å². The van der Waals surface area contributed by atoms with Gasteiger partial charge in [-0.3, -0.25) is 0 Å². The molecule has 3 unspecified atom stereocenters. The molecule has 0 radical (unpaired) electrons. The SMILES string of the molecule is CC(C)OP(O)OP1OCC(C)OO1. The highest BCUT2D eigenvalue weighted by molar-refractivity contribution is 7.55. The van der Waals surface area contributed by atoms with E-state index in [2.05, 4.69) is 0 Å². The minimum atomic E-state index is -1.96. The minimum Gasteiger partial charge on any atom is -0.328 e. The highest BCUT2D eigenvalue weighted by atomic mass is 31.2. The Hall–Kier alpha value is 0.620. The van der Waals surface area contributed by atoms with Crippen LogP contribution in [0, 0.1) is 0 Å². The van der Waals surface area contributed by atoms with Gasteiger partial charge in [-0.2, -0.15) is 4.67 Å². The lowest BCUT2D eigenvalue weighted by molar-refractivity contribution is -0.273. The first-order valence-corrected chi connectivity index (χ1v) is 6.41. The minimum absolute atomic E-state index is 0.106. The lowest BCUT2D eigenvalue weighted by Crippen LogP contribution is -2.19. The molecule has 0 bridgehead atoms. The molecule has 0 spiro atoms. The van der Waals surface area contributed by atoms with Crippen LogP contribution in [0.5, 0.6) is 0 Å². The van der Waals surface area contributed by atoms with Crippen molar-refractivity contribution in [3.63, 3.8) is 0 Å². The van der Waals surface area contributed by atoms with Crippen LogP contribution < -0.4 is 0 Å². The highest BCUT2D eigenvalue weighted by Gasteiger charge is 2.27. The van der Waals surface area contributed by atoms with Gasteiger partial charge in [0.05, 0.1) is 12.7 Å². The fourth-order valence-corrected chi connectivity index (χ4v) is 2.48. The molecule has 0 aromatic carbocycles. The van der Waals surface area contributed by atoms with Crippen molar-refractivity contribution in [2.45, 2.75) is 33.0 Å². The first-order chi connectivity index (χ1) is 6.58. The normalized spacial score (nSPS) is 30.6. The maximum Gasteiger partial charge on any atom is 0.370 e. The summed E-state index contributed by atoms with van der Waals surface area (Å²) in [6.07, 6.45) is -0.223. The quantitative estimate of drug-likeness (QED) is 0.604. The van der Waals surface area contributed by atoms with Gasteiger partial charge in [-0.15, -0.1) is 0 Å². The molecule has 1 N–H and O–H groups in total. The van der Waals surface area contributed by atoms with Gasteiger partial charge in [-0.25, -0.2) is 9.20 Å². The van der Waals surface area contributed by atoms with Crippen LogP contribution in [-0.4, -0.2) is 23.7 Å². The maximum absolute atomic E-state index is 9.26. The summed E-state index contributed by atoms with van der Waals surface area (Å²) in [5.74, 6) is 0. The zero-order valence-corrected chi connectivity index (χ0v) is 10.0. The Bertz CT molecular complexity index is 160. The average Bonchev–Trinajstić information content (AvgIpc) is 2.07. The zero-order valence-electron chi connectivity index (χ0n) is 8.24. The van der Waals surface area contributed by atoms with Gasteiger partial charge in [0.15, 0.2) is 0 Å². The van der Waals surface area contributed by atoms with Crippen LogP contribution >= 0.6 is 17.2 Å². The highest BCUT2D eigenvalue weighted by Crippen LogP contribution is 2.54. The van der Waals surface area contributed by atoms with Gasteiger partial charge in [-0.1, -0.05) is 0 Å².